The second-order valence-electron chi connectivity index (χ2n) is 4.25. The standard InChI is InChI=1S/C11H16N4O/c1-2-15-8-10(13-14-15)11(12-9-16)6-4-3-5-7-11/h8H,2-7H2,1H3. The van der Waals surface area contributed by atoms with E-state index in [1.165, 1.54) is 6.42 Å². The van der Waals surface area contributed by atoms with Gasteiger partial charge in [-0.25, -0.2) is 4.79 Å². The first-order valence-electron chi connectivity index (χ1n) is 5.80. The van der Waals surface area contributed by atoms with Gasteiger partial charge in [0, 0.05) is 6.54 Å². The molecule has 1 aliphatic rings. The summed E-state index contributed by atoms with van der Waals surface area (Å²) in [6.07, 6.45) is 8.74. The van der Waals surface area contributed by atoms with Crippen molar-refractivity contribution in [3.63, 3.8) is 0 Å². The fourth-order valence-corrected chi connectivity index (χ4v) is 2.32. The number of aliphatic imine (C=N–C) groups is 1. The maximum absolute atomic E-state index is 10.6. The van der Waals surface area contributed by atoms with Gasteiger partial charge < -0.3 is 0 Å². The van der Waals surface area contributed by atoms with Gasteiger partial charge in [0.05, 0.1) is 6.20 Å². The Morgan fingerprint density at radius 3 is 2.81 bits per heavy atom. The molecule has 0 saturated heterocycles. The highest BCUT2D eigenvalue weighted by Crippen LogP contribution is 2.39. The van der Waals surface area contributed by atoms with Crippen LogP contribution in [0.3, 0.4) is 0 Å². The molecule has 1 aromatic rings. The van der Waals surface area contributed by atoms with Crippen molar-refractivity contribution >= 4 is 6.08 Å². The third-order valence-corrected chi connectivity index (χ3v) is 3.28. The molecule has 1 aliphatic carbocycles. The molecule has 1 heterocycles. The zero-order chi connectivity index (χ0) is 11.4. The van der Waals surface area contributed by atoms with Crippen LogP contribution in [0.4, 0.5) is 0 Å². The summed E-state index contributed by atoms with van der Waals surface area (Å²) in [5, 5.41) is 8.16. The molecule has 0 aromatic carbocycles. The second-order valence-corrected chi connectivity index (χ2v) is 4.25. The number of hydrogen-bond donors (Lipinski definition) is 0. The minimum Gasteiger partial charge on any atom is -0.252 e. The number of hydrogen-bond acceptors (Lipinski definition) is 4. The Balaban J connectivity index is 2.34. The van der Waals surface area contributed by atoms with E-state index in [4.69, 9.17) is 0 Å². The average Bonchev–Trinajstić information content (AvgIpc) is 2.80. The van der Waals surface area contributed by atoms with Crippen LogP contribution in [0.5, 0.6) is 0 Å². The van der Waals surface area contributed by atoms with Crippen LogP contribution in [0.1, 0.15) is 44.7 Å². The van der Waals surface area contributed by atoms with Crippen LogP contribution in [0.25, 0.3) is 0 Å². The van der Waals surface area contributed by atoms with Crippen LogP contribution in [-0.4, -0.2) is 21.1 Å². The van der Waals surface area contributed by atoms with Gasteiger partial charge in [-0.15, -0.1) is 5.10 Å². The van der Waals surface area contributed by atoms with Crippen molar-refractivity contribution in [2.45, 2.75) is 51.1 Å². The first-order chi connectivity index (χ1) is 7.80. The van der Waals surface area contributed by atoms with Gasteiger partial charge >= 0.3 is 0 Å². The van der Waals surface area contributed by atoms with Crippen molar-refractivity contribution in [2.75, 3.05) is 0 Å². The van der Waals surface area contributed by atoms with E-state index in [0.29, 0.717) is 0 Å². The van der Waals surface area contributed by atoms with Gasteiger partial charge in [0.1, 0.15) is 11.2 Å². The van der Waals surface area contributed by atoms with Crippen molar-refractivity contribution in [2.24, 2.45) is 4.99 Å². The van der Waals surface area contributed by atoms with E-state index < -0.39 is 5.54 Å². The molecule has 1 fully saturated rings. The molecule has 86 valence electrons. The highest BCUT2D eigenvalue weighted by atomic mass is 16.1. The Labute approximate surface area is 94.6 Å². The van der Waals surface area contributed by atoms with Gasteiger partial charge in [0.15, 0.2) is 0 Å². The summed E-state index contributed by atoms with van der Waals surface area (Å²) in [5.41, 5.74) is 0.366. The van der Waals surface area contributed by atoms with Gasteiger partial charge in [-0.2, -0.15) is 4.99 Å². The monoisotopic (exact) mass is 220 g/mol. The Bertz CT molecular complexity index is 400. The zero-order valence-electron chi connectivity index (χ0n) is 9.52. The van der Waals surface area contributed by atoms with Crippen molar-refractivity contribution in [1.29, 1.82) is 0 Å². The van der Waals surface area contributed by atoms with Gasteiger partial charge in [-0.1, -0.05) is 24.5 Å². The van der Waals surface area contributed by atoms with E-state index >= 15 is 0 Å². The van der Waals surface area contributed by atoms with Crippen LogP contribution in [0.15, 0.2) is 11.2 Å². The largest absolute Gasteiger partial charge is 0.252 e. The Morgan fingerprint density at radius 2 is 2.25 bits per heavy atom. The van der Waals surface area contributed by atoms with Crippen LogP contribution in [-0.2, 0) is 16.9 Å². The first-order valence-corrected chi connectivity index (χ1v) is 5.80. The maximum Gasteiger partial charge on any atom is 0.235 e. The lowest BCUT2D eigenvalue weighted by atomic mass is 9.80. The molecular weight excluding hydrogens is 204 g/mol. The lowest BCUT2D eigenvalue weighted by Crippen LogP contribution is -2.27. The molecule has 0 atom stereocenters. The number of isocyanates is 1. The molecular formula is C11H16N4O. The average molecular weight is 220 g/mol. The van der Waals surface area contributed by atoms with Crippen molar-refractivity contribution in [3.8, 4) is 0 Å². The molecule has 0 spiro atoms. The van der Waals surface area contributed by atoms with Gasteiger partial charge in [-0.05, 0) is 19.8 Å². The molecule has 0 aliphatic heterocycles. The number of nitrogens with zero attached hydrogens (tertiary/aromatic N) is 4. The summed E-state index contributed by atoms with van der Waals surface area (Å²) in [4.78, 5) is 14.6. The van der Waals surface area contributed by atoms with Crippen LogP contribution >= 0.6 is 0 Å². The Hall–Kier alpha value is -1.48. The third-order valence-electron chi connectivity index (χ3n) is 3.28. The molecule has 0 radical (unpaired) electrons. The van der Waals surface area contributed by atoms with Crippen LogP contribution in [0, 0.1) is 0 Å². The van der Waals surface area contributed by atoms with Crippen molar-refractivity contribution in [3.05, 3.63) is 11.9 Å². The Morgan fingerprint density at radius 1 is 1.50 bits per heavy atom. The van der Waals surface area contributed by atoms with E-state index in [9.17, 15) is 4.79 Å². The van der Waals surface area contributed by atoms with E-state index in [-0.39, 0.29) is 0 Å². The minimum absolute atomic E-state index is 0.451. The summed E-state index contributed by atoms with van der Waals surface area (Å²) in [6, 6.07) is 0. The molecule has 1 saturated carbocycles. The molecule has 0 bridgehead atoms. The first kappa shape index (κ1) is 11.0. The minimum atomic E-state index is -0.451. The zero-order valence-corrected chi connectivity index (χ0v) is 9.52. The highest BCUT2D eigenvalue weighted by molar-refractivity contribution is 5.36. The van der Waals surface area contributed by atoms with E-state index in [0.717, 1.165) is 37.9 Å². The summed E-state index contributed by atoms with van der Waals surface area (Å²) < 4.78 is 1.77. The molecule has 16 heavy (non-hydrogen) atoms. The summed E-state index contributed by atoms with van der Waals surface area (Å²) >= 11 is 0. The van der Waals surface area contributed by atoms with Crippen LogP contribution in [0.2, 0.25) is 0 Å². The fraction of sp³-hybridized carbons (Fsp3) is 0.727. The second kappa shape index (κ2) is 4.58. The smallest absolute Gasteiger partial charge is 0.235 e. The third kappa shape index (κ3) is 1.91. The summed E-state index contributed by atoms with van der Waals surface area (Å²) in [6.45, 7) is 2.79. The number of aromatic nitrogens is 3. The number of rotatable bonds is 3. The van der Waals surface area contributed by atoms with Gasteiger partial charge in [0.25, 0.3) is 0 Å². The topological polar surface area (TPSA) is 60.1 Å². The molecule has 0 unspecified atom stereocenters. The lowest BCUT2D eigenvalue weighted by molar-refractivity contribution is 0.296. The van der Waals surface area contributed by atoms with Crippen LogP contribution < -0.4 is 0 Å². The quantitative estimate of drug-likeness (QED) is 0.576. The van der Waals surface area contributed by atoms with Crippen molar-refractivity contribution in [1.82, 2.24) is 15.0 Å². The fourth-order valence-electron chi connectivity index (χ4n) is 2.32. The number of aryl methyl sites for hydroxylation is 1. The van der Waals surface area contributed by atoms with E-state index in [2.05, 4.69) is 15.3 Å². The molecule has 2 rings (SSSR count). The predicted molar refractivity (Wildman–Crippen MR) is 58.6 cm³/mol. The predicted octanol–water partition coefficient (Wildman–Crippen LogP) is 1.79. The molecule has 1 aromatic heterocycles. The molecule has 5 heteroatoms. The summed E-state index contributed by atoms with van der Waals surface area (Å²) in [7, 11) is 0. The van der Waals surface area contributed by atoms with E-state index in [1.807, 2.05) is 13.1 Å². The summed E-state index contributed by atoms with van der Waals surface area (Å²) in [5.74, 6) is 0. The Kier molecular flexibility index (Phi) is 3.15. The molecule has 0 amide bonds. The maximum atomic E-state index is 10.6. The van der Waals surface area contributed by atoms with Gasteiger partial charge in [0.2, 0.25) is 6.08 Å². The van der Waals surface area contributed by atoms with Crippen molar-refractivity contribution < 1.29 is 4.79 Å². The molecule has 0 N–H and O–H groups in total. The SMILES string of the molecule is CCn1cc(C2(N=C=O)CCCCC2)nn1. The van der Waals surface area contributed by atoms with Gasteiger partial charge in [-0.3, -0.25) is 4.68 Å². The lowest BCUT2D eigenvalue weighted by Gasteiger charge is -2.29. The number of carbonyl (C=O) groups excluding carboxylic acids is 1. The highest BCUT2D eigenvalue weighted by Gasteiger charge is 2.36. The van der Waals surface area contributed by atoms with E-state index in [1.54, 1.807) is 10.8 Å². The normalized spacial score (nSPS) is 19.1. The molecule has 5 nitrogen and oxygen atoms in total.